The third-order valence-electron chi connectivity index (χ3n) is 1.88. The third kappa shape index (κ3) is 3.29. The summed E-state index contributed by atoms with van der Waals surface area (Å²) in [5.41, 5.74) is -0.120. The molecule has 90 valence electrons. The molecule has 1 aromatic rings. The van der Waals surface area contributed by atoms with Crippen LogP contribution in [0.5, 0.6) is 0 Å². The average Bonchev–Trinajstić information content (AvgIpc) is 2.38. The van der Waals surface area contributed by atoms with Gasteiger partial charge in [-0.2, -0.15) is 10.5 Å². The topological polar surface area (TPSA) is 106 Å². The van der Waals surface area contributed by atoms with Gasteiger partial charge in [-0.25, -0.2) is 4.39 Å². The molecule has 18 heavy (non-hydrogen) atoms. The Morgan fingerprint density at radius 1 is 1.28 bits per heavy atom. The number of hydrogen-bond acceptors (Lipinski definition) is 4. The van der Waals surface area contributed by atoms with Crippen LogP contribution in [0.15, 0.2) is 18.2 Å². The van der Waals surface area contributed by atoms with Crippen molar-refractivity contribution in [3.63, 3.8) is 0 Å². The molecule has 0 fully saturated rings. The summed E-state index contributed by atoms with van der Waals surface area (Å²) in [7, 11) is 0. The van der Waals surface area contributed by atoms with Crippen LogP contribution in [0.25, 0.3) is 0 Å². The molecule has 1 aromatic carbocycles. The van der Waals surface area contributed by atoms with Crippen molar-refractivity contribution in [2.75, 3.05) is 11.9 Å². The number of amides is 2. The lowest BCUT2D eigenvalue weighted by atomic mass is 10.2. The van der Waals surface area contributed by atoms with Crippen LogP contribution in [0, 0.1) is 28.5 Å². The third-order valence-corrected chi connectivity index (χ3v) is 1.88. The van der Waals surface area contributed by atoms with E-state index in [0.717, 1.165) is 6.07 Å². The smallest absolute Gasteiger partial charge is 0.313 e. The quantitative estimate of drug-likeness (QED) is 0.577. The van der Waals surface area contributed by atoms with Gasteiger partial charge in [-0.15, -0.1) is 0 Å². The van der Waals surface area contributed by atoms with Crippen molar-refractivity contribution in [2.45, 2.75) is 0 Å². The van der Waals surface area contributed by atoms with Crippen molar-refractivity contribution in [3.05, 3.63) is 29.6 Å². The minimum absolute atomic E-state index is 0.0967. The van der Waals surface area contributed by atoms with Crippen LogP contribution >= 0.6 is 0 Å². The fourth-order valence-electron chi connectivity index (χ4n) is 1.07. The summed E-state index contributed by atoms with van der Waals surface area (Å²) >= 11 is 0. The zero-order valence-electron chi connectivity index (χ0n) is 9.03. The first-order valence-corrected chi connectivity index (χ1v) is 4.74. The summed E-state index contributed by atoms with van der Waals surface area (Å²) in [6, 6.07) is 6.75. The number of carbonyl (C=O) groups excluding carboxylic acids is 2. The van der Waals surface area contributed by atoms with Gasteiger partial charge in [-0.3, -0.25) is 9.59 Å². The molecule has 6 nitrogen and oxygen atoms in total. The predicted molar refractivity (Wildman–Crippen MR) is 58.4 cm³/mol. The Kier molecular flexibility index (Phi) is 4.35. The van der Waals surface area contributed by atoms with Gasteiger partial charge < -0.3 is 10.6 Å². The Bertz CT molecular complexity index is 571. The van der Waals surface area contributed by atoms with Gasteiger partial charge in [0.2, 0.25) is 0 Å². The molecule has 0 radical (unpaired) electrons. The Morgan fingerprint density at radius 3 is 2.56 bits per heavy atom. The van der Waals surface area contributed by atoms with E-state index in [9.17, 15) is 14.0 Å². The molecule has 0 heterocycles. The van der Waals surface area contributed by atoms with Gasteiger partial charge in [0.15, 0.2) is 0 Å². The van der Waals surface area contributed by atoms with Crippen molar-refractivity contribution >= 4 is 17.5 Å². The number of nitrogens with zero attached hydrogens (tertiary/aromatic N) is 2. The summed E-state index contributed by atoms with van der Waals surface area (Å²) in [5.74, 6) is -2.95. The molecule has 2 amide bonds. The number of nitrogens with one attached hydrogen (secondary N) is 2. The van der Waals surface area contributed by atoms with Crippen LogP contribution in [-0.2, 0) is 9.59 Å². The first kappa shape index (κ1) is 13.1. The molecule has 0 aliphatic rings. The number of halogens is 1. The number of benzene rings is 1. The summed E-state index contributed by atoms with van der Waals surface area (Å²) in [4.78, 5) is 22.4. The SMILES string of the molecule is N#CCNC(=O)C(=O)Nc1ccc(C#N)cc1F. The number of carbonyl (C=O) groups is 2. The highest BCUT2D eigenvalue weighted by Gasteiger charge is 2.15. The van der Waals surface area contributed by atoms with Gasteiger partial charge in [-0.1, -0.05) is 0 Å². The Morgan fingerprint density at radius 2 is 2.00 bits per heavy atom. The van der Waals surface area contributed by atoms with Crippen molar-refractivity contribution in [1.82, 2.24) is 5.32 Å². The normalized spacial score (nSPS) is 8.83. The molecule has 7 heteroatoms. The zero-order valence-corrected chi connectivity index (χ0v) is 9.03. The van der Waals surface area contributed by atoms with Gasteiger partial charge in [0.1, 0.15) is 12.4 Å². The van der Waals surface area contributed by atoms with E-state index in [1.165, 1.54) is 12.1 Å². The lowest BCUT2D eigenvalue weighted by Gasteiger charge is -2.05. The molecular formula is C11H7FN4O2. The molecule has 2 N–H and O–H groups in total. The molecule has 0 aliphatic carbocycles. The molecule has 0 spiro atoms. The lowest BCUT2D eigenvalue weighted by Crippen LogP contribution is -2.35. The van der Waals surface area contributed by atoms with Crippen LogP contribution in [0.3, 0.4) is 0 Å². The van der Waals surface area contributed by atoms with E-state index >= 15 is 0 Å². The Labute approximate surface area is 102 Å². The zero-order chi connectivity index (χ0) is 13.5. The molecule has 1 rings (SSSR count). The Balaban J connectivity index is 2.74. The van der Waals surface area contributed by atoms with Gasteiger partial charge in [-0.05, 0) is 18.2 Å². The fourth-order valence-corrected chi connectivity index (χ4v) is 1.07. The Hall–Kier alpha value is -2.93. The van der Waals surface area contributed by atoms with Crippen LogP contribution < -0.4 is 10.6 Å². The highest BCUT2D eigenvalue weighted by molar-refractivity contribution is 6.39. The second kappa shape index (κ2) is 5.97. The number of rotatable bonds is 2. The van der Waals surface area contributed by atoms with Crippen LogP contribution in [0.1, 0.15) is 5.56 Å². The van der Waals surface area contributed by atoms with Gasteiger partial charge in [0.05, 0.1) is 23.4 Å². The van der Waals surface area contributed by atoms with Crippen LogP contribution in [0.2, 0.25) is 0 Å². The average molecular weight is 246 g/mol. The molecule has 0 atom stereocenters. The van der Waals surface area contributed by atoms with E-state index in [1.54, 1.807) is 12.1 Å². The van der Waals surface area contributed by atoms with Crippen molar-refractivity contribution in [3.8, 4) is 12.1 Å². The maximum absolute atomic E-state index is 13.4. The highest BCUT2D eigenvalue weighted by Crippen LogP contribution is 2.15. The van der Waals surface area contributed by atoms with E-state index in [0.29, 0.717) is 0 Å². The van der Waals surface area contributed by atoms with E-state index < -0.39 is 17.6 Å². The fraction of sp³-hybridized carbons (Fsp3) is 0.0909. The van der Waals surface area contributed by atoms with Crippen molar-refractivity contribution < 1.29 is 14.0 Å². The summed E-state index contributed by atoms with van der Waals surface area (Å²) in [6.45, 7) is -0.317. The van der Waals surface area contributed by atoms with Gasteiger partial charge in [0.25, 0.3) is 0 Å². The standard InChI is InChI=1S/C11H7FN4O2/c12-8-5-7(6-14)1-2-9(8)16-11(18)10(17)15-4-3-13/h1-2,5H,4H2,(H,15,17)(H,16,18). The van der Waals surface area contributed by atoms with Crippen molar-refractivity contribution in [1.29, 1.82) is 10.5 Å². The number of nitriles is 2. The molecule has 0 unspecified atom stereocenters. The van der Waals surface area contributed by atoms with Gasteiger partial charge >= 0.3 is 11.8 Å². The van der Waals surface area contributed by atoms with Crippen LogP contribution in [0.4, 0.5) is 10.1 Å². The summed E-state index contributed by atoms with van der Waals surface area (Å²) < 4.78 is 13.4. The molecular weight excluding hydrogens is 239 g/mol. The maximum atomic E-state index is 13.4. The highest BCUT2D eigenvalue weighted by atomic mass is 19.1. The molecule has 0 saturated heterocycles. The molecule has 0 aliphatic heterocycles. The number of anilines is 1. The molecule has 0 bridgehead atoms. The largest absolute Gasteiger partial charge is 0.335 e. The van der Waals surface area contributed by atoms with E-state index in [-0.39, 0.29) is 17.8 Å². The van der Waals surface area contributed by atoms with Gasteiger partial charge in [0, 0.05) is 0 Å². The maximum Gasteiger partial charge on any atom is 0.313 e. The van der Waals surface area contributed by atoms with Crippen LogP contribution in [-0.4, -0.2) is 18.4 Å². The minimum Gasteiger partial charge on any atom is -0.335 e. The summed E-state index contributed by atoms with van der Waals surface area (Å²) in [6.07, 6.45) is 0. The summed E-state index contributed by atoms with van der Waals surface area (Å²) in [5, 5.41) is 20.8. The number of hydrogen-bond donors (Lipinski definition) is 2. The predicted octanol–water partition coefficient (Wildman–Crippen LogP) is 0.276. The molecule has 0 aromatic heterocycles. The minimum atomic E-state index is -1.09. The monoisotopic (exact) mass is 246 g/mol. The first-order valence-electron chi connectivity index (χ1n) is 4.74. The second-order valence-electron chi connectivity index (χ2n) is 3.10. The van der Waals surface area contributed by atoms with E-state index in [1.807, 2.05) is 10.6 Å². The lowest BCUT2D eigenvalue weighted by molar-refractivity contribution is -0.136. The second-order valence-corrected chi connectivity index (χ2v) is 3.10. The van der Waals surface area contributed by atoms with E-state index in [4.69, 9.17) is 10.5 Å². The van der Waals surface area contributed by atoms with Crippen molar-refractivity contribution in [2.24, 2.45) is 0 Å². The first-order chi connectivity index (χ1) is 8.58. The van der Waals surface area contributed by atoms with E-state index in [2.05, 4.69) is 0 Å². The molecule has 0 saturated carbocycles.